The lowest BCUT2D eigenvalue weighted by Gasteiger charge is -2.18. The summed E-state index contributed by atoms with van der Waals surface area (Å²) in [5, 5.41) is 14.3. The van der Waals surface area contributed by atoms with Crippen molar-refractivity contribution >= 4 is 5.69 Å². The molecule has 4 heteroatoms. The van der Waals surface area contributed by atoms with Gasteiger partial charge in [0.25, 0.3) is 5.69 Å². The van der Waals surface area contributed by atoms with Crippen molar-refractivity contribution in [3.8, 4) is 0 Å². The maximum atomic E-state index is 11.0. The van der Waals surface area contributed by atoms with Crippen molar-refractivity contribution in [2.24, 2.45) is 5.92 Å². The lowest BCUT2D eigenvalue weighted by Crippen LogP contribution is -2.25. The molecule has 0 aliphatic rings. The Bertz CT molecular complexity index is 389. The van der Waals surface area contributed by atoms with E-state index in [9.17, 15) is 10.1 Å². The minimum Gasteiger partial charge on any atom is -0.310 e. The monoisotopic (exact) mass is 250 g/mol. The van der Waals surface area contributed by atoms with Crippen LogP contribution in [0.2, 0.25) is 0 Å². The molecule has 0 saturated heterocycles. The molecule has 18 heavy (non-hydrogen) atoms. The smallest absolute Gasteiger partial charge is 0.274 e. The maximum absolute atomic E-state index is 11.0. The lowest BCUT2D eigenvalue weighted by atomic mass is 10.0. The number of para-hydroxylation sites is 1. The van der Waals surface area contributed by atoms with Gasteiger partial charge in [0.2, 0.25) is 0 Å². The number of rotatable bonds is 7. The molecule has 0 aromatic heterocycles. The van der Waals surface area contributed by atoms with Crippen LogP contribution in [0.1, 0.15) is 45.2 Å². The minimum absolute atomic E-state index is 0.00667. The van der Waals surface area contributed by atoms with Gasteiger partial charge in [0.1, 0.15) is 0 Å². The zero-order valence-corrected chi connectivity index (χ0v) is 11.3. The third-order valence-electron chi connectivity index (χ3n) is 3.47. The van der Waals surface area contributed by atoms with Gasteiger partial charge in [0, 0.05) is 17.7 Å². The Kier molecular flexibility index (Phi) is 5.78. The maximum Gasteiger partial charge on any atom is 0.274 e. The average Bonchev–Trinajstić information content (AvgIpc) is 2.39. The van der Waals surface area contributed by atoms with Gasteiger partial charge in [-0.3, -0.25) is 10.1 Å². The second-order valence-corrected chi connectivity index (χ2v) is 4.63. The Morgan fingerprint density at radius 2 is 1.89 bits per heavy atom. The van der Waals surface area contributed by atoms with Gasteiger partial charge in [-0.1, -0.05) is 44.9 Å². The first-order valence-corrected chi connectivity index (χ1v) is 6.56. The highest BCUT2D eigenvalue weighted by atomic mass is 16.6. The summed E-state index contributed by atoms with van der Waals surface area (Å²) >= 11 is 0. The molecule has 0 fully saturated rings. The standard InChI is InChI=1S/C14H22N2O2/c1-4-12(5-2)10-15-11(3)13-8-6-7-9-14(13)16(17)18/h6-9,11-12,15H,4-5,10H2,1-3H3. The third-order valence-corrected chi connectivity index (χ3v) is 3.47. The average molecular weight is 250 g/mol. The Hall–Kier alpha value is -1.42. The van der Waals surface area contributed by atoms with Gasteiger partial charge in [-0.25, -0.2) is 0 Å². The largest absolute Gasteiger partial charge is 0.310 e. The molecule has 0 spiro atoms. The van der Waals surface area contributed by atoms with E-state index in [0.29, 0.717) is 5.92 Å². The lowest BCUT2D eigenvalue weighted by molar-refractivity contribution is -0.385. The fraction of sp³-hybridized carbons (Fsp3) is 0.571. The normalized spacial score (nSPS) is 12.7. The number of nitrogens with one attached hydrogen (secondary N) is 1. The van der Waals surface area contributed by atoms with Crippen LogP contribution in [-0.2, 0) is 0 Å². The van der Waals surface area contributed by atoms with Crippen molar-refractivity contribution in [2.45, 2.75) is 39.7 Å². The molecule has 0 radical (unpaired) electrons. The van der Waals surface area contributed by atoms with Crippen LogP contribution in [0.15, 0.2) is 24.3 Å². The molecule has 1 aromatic carbocycles. The number of benzene rings is 1. The number of nitro benzene ring substituents is 1. The quantitative estimate of drug-likeness (QED) is 0.593. The molecule has 100 valence electrons. The van der Waals surface area contributed by atoms with Crippen molar-refractivity contribution in [1.29, 1.82) is 0 Å². The number of hydrogen-bond donors (Lipinski definition) is 1. The molecular weight excluding hydrogens is 228 g/mol. The second kappa shape index (κ2) is 7.11. The number of hydrogen-bond acceptors (Lipinski definition) is 3. The molecule has 1 rings (SSSR count). The van der Waals surface area contributed by atoms with E-state index in [1.165, 1.54) is 0 Å². The van der Waals surface area contributed by atoms with Crippen LogP contribution in [0.5, 0.6) is 0 Å². The van der Waals surface area contributed by atoms with E-state index in [2.05, 4.69) is 19.2 Å². The van der Waals surface area contributed by atoms with E-state index < -0.39 is 0 Å². The Morgan fingerprint density at radius 3 is 2.44 bits per heavy atom. The first kappa shape index (κ1) is 14.6. The summed E-state index contributed by atoms with van der Waals surface area (Å²) in [5.74, 6) is 0.634. The van der Waals surface area contributed by atoms with Crippen molar-refractivity contribution in [3.63, 3.8) is 0 Å². The molecule has 0 heterocycles. The van der Waals surface area contributed by atoms with Gasteiger partial charge in [-0.2, -0.15) is 0 Å². The first-order chi connectivity index (χ1) is 8.60. The number of nitro groups is 1. The van der Waals surface area contributed by atoms with Gasteiger partial charge in [0.15, 0.2) is 0 Å². The van der Waals surface area contributed by atoms with Gasteiger partial charge >= 0.3 is 0 Å². The van der Waals surface area contributed by atoms with Crippen molar-refractivity contribution in [3.05, 3.63) is 39.9 Å². The second-order valence-electron chi connectivity index (χ2n) is 4.63. The van der Waals surface area contributed by atoms with Crippen LogP contribution >= 0.6 is 0 Å². The number of nitrogens with zero attached hydrogens (tertiary/aromatic N) is 1. The highest BCUT2D eigenvalue weighted by Crippen LogP contribution is 2.24. The van der Waals surface area contributed by atoms with Crippen molar-refractivity contribution < 1.29 is 4.92 Å². The molecule has 0 saturated carbocycles. The van der Waals surface area contributed by atoms with Crippen LogP contribution in [0.4, 0.5) is 5.69 Å². The van der Waals surface area contributed by atoms with Gasteiger partial charge in [0.05, 0.1) is 4.92 Å². The molecule has 1 N–H and O–H groups in total. The van der Waals surface area contributed by atoms with Crippen LogP contribution < -0.4 is 5.32 Å². The van der Waals surface area contributed by atoms with E-state index in [4.69, 9.17) is 0 Å². The van der Waals surface area contributed by atoms with Gasteiger partial charge in [-0.05, 0) is 19.4 Å². The molecular formula is C14H22N2O2. The van der Waals surface area contributed by atoms with E-state index in [0.717, 1.165) is 24.9 Å². The highest BCUT2D eigenvalue weighted by Gasteiger charge is 2.18. The molecule has 0 bridgehead atoms. The summed E-state index contributed by atoms with van der Waals surface area (Å²) in [6.07, 6.45) is 2.26. The summed E-state index contributed by atoms with van der Waals surface area (Å²) in [5.41, 5.74) is 0.954. The van der Waals surface area contributed by atoms with E-state index in [-0.39, 0.29) is 16.7 Å². The van der Waals surface area contributed by atoms with Crippen LogP contribution in [0, 0.1) is 16.0 Å². The third kappa shape index (κ3) is 3.81. The predicted molar refractivity (Wildman–Crippen MR) is 73.6 cm³/mol. The molecule has 1 atom stereocenters. The summed E-state index contributed by atoms with van der Waals surface area (Å²) in [7, 11) is 0. The molecule has 0 aliphatic heterocycles. The Balaban J connectivity index is 2.72. The Morgan fingerprint density at radius 1 is 1.28 bits per heavy atom. The topological polar surface area (TPSA) is 55.2 Å². The van der Waals surface area contributed by atoms with Crippen LogP contribution in [0.3, 0.4) is 0 Å². The SMILES string of the molecule is CCC(CC)CNC(C)c1ccccc1[N+](=O)[O-]. The fourth-order valence-electron chi connectivity index (χ4n) is 2.05. The molecule has 1 aromatic rings. The van der Waals surface area contributed by atoms with Crippen LogP contribution in [-0.4, -0.2) is 11.5 Å². The van der Waals surface area contributed by atoms with E-state index in [1.807, 2.05) is 19.1 Å². The van der Waals surface area contributed by atoms with Gasteiger partial charge in [-0.15, -0.1) is 0 Å². The summed E-state index contributed by atoms with van der Waals surface area (Å²) in [4.78, 5) is 10.6. The zero-order valence-electron chi connectivity index (χ0n) is 11.3. The van der Waals surface area contributed by atoms with Crippen molar-refractivity contribution in [1.82, 2.24) is 5.32 Å². The zero-order chi connectivity index (χ0) is 13.5. The summed E-state index contributed by atoms with van der Waals surface area (Å²) in [6.45, 7) is 7.22. The highest BCUT2D eigenvalue weighted by molar-refractivity contribution is 5.41. The van der Waals surface area contributed by atoms with E-state index >= 15 is 0 Å². The van der Waals surface area contributed by atoms with Crippen LogP contribution in [0.25, 0.3) is 0 Å². The fourth-order valence-corrected chi connectivity index (χ4v) is 2.05. The summed E-state index contributed by atoms with van der Waals surface area (Å²) < 4.78 is 0. The predicted octanol–water partition coefficient (Wildman–Crippen LogP) is 3.68. The Labute approximate surface area is 109 Å². The molecule has 0 aliphatic carbocycles. The minimum atomic E-state index is -0.315. The van der Waals surface area contributed by atoms with E-state index in [1.54, 1.807) is 12.1 Å². The summed E-state index contributed by atoms with van der Waals surface area (Å²) in [6, 6.07) is 6.94. The van der Waals surface area contributed by atoms with Gasteiger partial charge < -0.3 is 5.32 Å². The first-order valence-electron chi connectivity index (χ1n) is 6.56. The molecule has 1 unspecified atom stereocenters. The molecule has 0 amide bonds. The molecule has 4 nitrogen and oxygen atoms in total. The van der Waals surface area contributed by atoms with Crippen molar-refractivity contribution in [2.75, 3.05) is 6.54 Å².